The maximum atomic E-state index is 12.6. The minimum Gasteiger partial charge on any atom is -0.457 e. The second-order valence-corrected chi connectivity index (χ2v) is 7.53. The van der Waals surface area contributed by atoms with Gasteiger partial charge >= 0.3 is 0 Å². The Morgan fingerprint density at radius 2 is 1.81 bits per heavy atom. The van der Waals surface area contributed by atoms with E-state index < -0.39 is 11.8 Å². The Morgan fingerprint density at radius 3 is 2.48 bits per heavy atom. The van der Waals surface area contributed by atoms with E-state index in [1.807, 2.05) is 6.92 Å². The van der Waals surface area contributed by atoms with Crippen molar-refractivity contribution in [3.8, 4) is 11.3 Å². The molecule has 0 aliphatic heterocycles. The zero-order valence-electron chi connectivity index (χ0n) is 16.6. The van der Waals surface area contributed by atoms with Crippen molar-refractivity contribution in [2.24, 2.45) is 0 Å². The maximum absolute atomic E-state index is 12.6. The number of carbonyl (C=O) groups excluding carboxylic acids is 2. The van der Waals surface area contributed by atoms with E-state index in [-0.39, 0.29) is 18.8 Å². The van der Waals surface area contributed by atoms with Crippen LogP contribution in [0.25, 0.3) is 17.4 Å². The van der Waals surface area contributed by atoms with Crippen LogP contribution in [0.2, 0.25) is 10.0 Å². The summed E-state index contributed by atoms with van der Waals surface area (Å²) in [6.07, 6.45) is 1.41. The van der Waals surface area contributed by atoms with Gasteiger partial charge < -0.3 is 20.2 Å². The average Bonchev–Trinajstić information content (AvgIpc) is 3.20. The number of carbonyl (C=O) groups is 2. The molecule has 8 heteroatoms. The van der Waals surface area contributed by atoms with Crippen molar-refractivity contribution >= 4 is 41.1 Å². The fourth-order valence-electron chi connectivity index (χ4n) is 2.73. The first-order chi connectivity index (χ1) is 14.9. The monoisotopic (exact) mass is 458 g/mol. The molecule has 0 atom stereocenters. The Bertz CT molecular complexity index is 1120. The van der Waals surface area contributed by atoms with Crippen LogP contribution in [-0.2, 0) is 4.79 Å². The Labute approximate surface area is 189 Å². The predicted molar refractivity (Wildman–Crippen MR) is 121 cm³/mol. The van der Waals surface area contributed by atoms with Crippen molar-refractivity contribution in [3.63, 3.8) is 0 Å². The number of benzene rings is 2. The molecule has 31 heavy (non-hydrogen) atoms. The third-order valence-corrected chi connectivity index (χ3v) is 4.86. The summed E-state index contributed by atoms with van der Waals surface area (Å²) in [4.78, 5) is 25.1. The van der Waals surface area contributed by atoms with Gasteiger partial charge in [0, 0.05) is 28.8 Å². The largest absolute Gasteiger partial charge is 0.457 e. The van der Waals surface area contributed by atoms with Gasteiger partial charge in [-0.2, -0.15) is 0 Å². The molecule has 0 saturated carbocycles. The molecule has 2 amide bonds. The normalized spacial score (nSPS) is 11.3. The second kappa shape index (κ2) is 10.3. The van der Waals surface area contributed by atoms with E-state index in [2.05, 4.69) is 10.6 Å². The molecule has 1 aromatic heterocycles. The van der Waals surface area contributed by atoms with Gasteiger partial charge in [0.15, 0.2) is 0 Å². The van der Waals surface area contributed by atoms with Gasteiger partial charge in [0.25, 0.3) is 11.8 Å². The highest BCUT2D eigenvalue weighted by atomic mass is 35.5. The lowest BCUT2D eigenvalue weighted by Gasteiger charge is -2.10. The molecular formula is C23H20Cl2N2O4. The van der Waals surface area contributed by atoms with E-state index in [4.69, 9.17) is 32.7 Å². The molecule has 0 radical (unpaired) electrons. The highest BCUT2D eigenvalue weighted by Crippen LogP contribution is 2.31. The van der Waals surface area contributed by atoms with Crippen LogP contribution in [-0.4, -0.2) is 30.1 Å². The Kier molecular flexibility index (Phi) is 7.52. The summed E-state index contributed by atoms with van der Waals surface area (Å²) in [6.45, 7) is 1.72. The molecule has 6 nitrogen and oxygen atoms in total. The molecule has 1 heterocycles. The molecule has 0 fully saturated rings. The standard InChI is InChI=1S/C23H20Cl2N2O4/c1-14-2-4-15(5-3-14)22(29)27-20(23(30)26-10-11-28)13-17-7-9-21(31-17)18-8-6-16(24)12-19(18)25/h2-9,12-13,28H,10-11H2,1H3,(H,26,30)(H,27,29). The molecule has 0 saturated heterocycles. The molecule has 3 rings (SSSR count). The number of rotatable bonds is 7. The third kappa shape index (κ3) is 5.98. The summed E-state index contributed by atoms with van der Waals surface area (Å²) in [6, 6.07) is 15.3. The van der Waals surface area contributed by atoms with Crippen LogP contribution < -0.4 is 10.6 Å². The number of aryl methyl sites for hydroxylation is 1. The first kappa shape index (κ1) is 22.6. The molecule has 0 aliphatic carbocycles. The van der Waals surface area contributed by atoms with Crippen molar-refractivity contribution in [1.82, 2.24) is 10.6 Å². The molecule has 0 spiro atoms. The quantitative estimate of drug-likeness (QED) is 0.456. The molecule has 2 aromatic carbocycles. The van der Waals surface area contributed by atoms with Crippen molar-refractivity contribution in [2.75, 3.05) is 13.2 Å². The topological polar surface area (TPSA) is 91.6 Å². The maximum Gasteiger partial charge on any atom is 0.268 e. The number of furan rings is 1. The molecule has 0 aliphatic rings. The molecule has 3 N–H and O–H groups in total. The molecule has 0 bridgehead atoms. The summed E-state index contributed by atoms with van der Waals surface area (Å²) < 4.78 is 5.79. The molecule has 160 valence electrons. The van der Waals surface area contributed by atoms with Gasteiger partial charge in [-0.25, -0.2) is 0 Å². The summed E-state index contributed by atoms with van der Waals surface area (Å²) in [5.41, 5.74) is 2.03. The van der Waals surface area contributed by atoms with E-state index >= 15 is 0 Å². The molecule has 3 aromatic rings. The summed E-state index contributed by atoms with van der Waals surface area (Å²) >= 11 is 12.2. The lowest BCUT2D eigenvalue weighted by Crippen LogP contribution is -2.36. The highest BCUT2D eigenvalue weighted by molar-refractivity contribution is 6.36. The van der Waals surface area contributed by atoms with Crippen molar-refractivity contribution in [3.05, 3.63) is 87.2 Å². The van der Waals surface area contributed by atoms with Crippen LogP contribution in [0.3, 0.4) is 0 Å². The fourth-order valence-corrected chi connectivity index (χ4v) is 3.23. The molecular weight excluding hydrogens is 439 g/mol. The first-order valence-electron chi connectivity index (χ1n) is 9.41. The van der Waals surface area contributed by atoms with Crippen LogP contribution in [0.4, 0.5) is 0 Å². The number of aliphatic hydroxyl groups excluding tert-OH is 1. The number of hydrogen-bond acceptors (Lipinski definition) is 4. The zero-order valence-corrected chi connectivity index (χ0v) is 18.1. The summed E-state index contributed by atoms with van der Waals surface area (Å²) in [5.74, 6) is -0.192. The Hall–Kier alpha value is -3.06. The van der Waals surface area contributed by atoms with Crippen LogP contribution in [0.15, 0.2) is 64.7 Å². The van der Waals surface area contributed by atoms with Crippen molar-refractivity contribution in [2.45, 2.75) is 6.92 Å². The Balaban J connectivity index is 1.88. The van der Waals surface area contributed by atoms with Gasteiger partial charge in [0.1, 0.15) is 17.2 Å². The number of aliphatic hydroxyl groups is 1. The highest BCUT2D eigenvalue weighted by Gasteiger charge is 2.16. The summed E-state index contributed by atoms with van der Waals surface area (Å²) in [5, 5.41) is 15.0. The van der Waals surface area contributed by atoms with Crippen LogP contribution in [0.1, 0.15) is 21.7 Å². The molecule has 0 unspecified atom stereocenters. The smallest absolute Gasteiger partial charge is 0.268 e. The van der Waals surface area contributed by atoms with E-state index in [0.29, 0.717) is 32.7 Å². The average molecular weight is 459 g/mol. The van der Waals surface area contributed by atoms with Crippen molar-refractivity contribution < 1.29 is 19.1 Å². The Morgan fingerprint density at radius 1 is 1.06 bits per heavy atom. The summed E-state index contributed by atoms with van der Waals surface area (Å²) in [7, 11) is 0. The van der Waals surface area contributed by atoms with Crippen LogP contribution in [0, 0.1) is 6.92 Å². The number of hydrogen-bond donors (Lipinski definition) is 3. The minimum atomic E-state index is -0.558. The first-order valence-corrected chi connectivity index (χ1v) is 10.2. The lowest BCUT2D eigenvalue weighted by atomic mass is 10.1. The van der Waals surface area contributed by atoms with Crippen molar-refractivity contribution in [1.29, 1.82) is 0 Å². The van der Waals surface area contributed by atoms with Gasteiger partial charge in [0.05, 0.1) is 11.6 Å². The van der Waals surface area contributed by atoms with Gasteiger partial charge in [-0.3, -0.25) is 9.59 Å². The van der Waals surface area contributed by atoms with Crippen LogP contribution >= 0.6 is 23.2 Å². The minimum absolute atomic E-state index is 0.0258. The van der Waals surface area contributed by atoms with E-state index in [1.54, 1.807) is 54.6 Å². The predicted octanol–water partition coefficient (Wildman–Crippen LogP) is 4.44. The van der Waals surface area contributed by atoms with Gasteiger partial charge in [-0.1, -0.05) is 40.9 Å². The third-order valence-electron chi connectivity index (χ3n) is 4.31. The van der Waals surface area contributed by atoms with Gasteiger partial charge in [-0.15, -0.1) is 0 Å². The SMILES string of the molecule is Cc1ccc(C(=O)NC(=Cc2ccc(-c3ccc(Cl)cc3Cl)o2)C(=O)NCCO)cc1. The van der Waals surface area contributed by atoms with Crippen LogP contribution in [0.5, 0.6) is 0 Å². The number of amides is 2. The van der Waals surface area contributed by atoms with E-state index in [9.17, 15) is 9.59 Å². The lowest BCUT2D eigenvalue weighted by molar-refractivity contribution is -0.117. The van der Waals surface area contributed by atoms with Gasteiger partial charge in [-0.05, 0) is 49.4 Å². The number of halogens is 2. The van der Waals surface area contributed by atoms with E-state index in [0.717, 1.165) is 5.56 Å². The second-order valence-electron chi connectivity index (χ2n) is 6.68. The number of nitrogens with one attached hydrogen (secondary N) is 2. The zero-order chi connectivity index (χ0) is 22.4. The van der Waals surface area contributed by atoms with E-state index in [1.165, 1.54) is 6.08 Å². The fraction of sp³-hybridized carbons (Fsp3) is 0.130. The van der Waals surface area contributed by atoms with Gasteiger partial charge in [0.2, 0.25) is 0 Å².